The number of aromatic nitrogens is 1. The summed E-state index contributed by atoms with van der Waals surface area (Å²) < 4.78 is 52.6. The van der Waals surface area contributed by atoms with Gasteiger partial charge in [-0.25, -0.2) is 4.39 Å². The molecule has 1 aromatic heterocycles. The molecule has 1 aromatic carbocycles. The Morgan fingerprint density at radius 1 is 1.13 bits per heavy atom. The third-order valence-electron chi connectivity index (χ3n) is 4.27. The van der Waals surface area contributed by atoms with E-state index in [0.717, 1.165) is 11.6 Å². The number of hydrogen-bond acceptors (Lipinski definition) is 2. The number of aliphatic hydroxyl groups excluding tert-OH is 1. The Morgan fingerprint density at radius 2 is 1.91 bits per heavy atom. The number of benzene rings is 1. The Hall–Kier alpha value is -1.95. The van der Waals surface area contributed by atoms with Crippen molar-refractivity contribution >= 4 is 0 Å². The van der Waals surface area contributed by atoms with E-state index in [1.165, 1.54) is 12.1 Å². The highest BCUT2D eigenvalue weighted by molar-refractivity contribution is 5.33. The van der Waals surface area contributed by atoms with Crippen molar-refractivity contribution in [2.75, 3.05) is 0 Å². The van der Waals surface area contributed by atoms with Crippen LogP contribution in [-0.4, -0.2) is 10.1 Å². The van der Waals surface area contributed by atoms with Gasteiger partial charge in [0.1, 0.15) is 5.82 Å². The number of halogens is 4. The minimum atomic E-state index is -4.71. The van der Waals surface area contributed by atoms with Crippen LogP contribution >= 0.6 is 0 Å². The molecule has 1 N–H and O–H groups in total. The summed E-state index contributed by atoms with van der Waals surface area (Å²) in [5.74, 6) is -1.36. The van der Waals surface area contributed by atoms with E-state index in [4.69, 9.17) is 0 Å². The Kier molecular flexibility index (Phi) is 4.10. The smallest absolute Gasteiger partial charge is 0.387 e. The topological polar surface area (TPSA) is 33.1 Å². The first kappa shape index (κ1) is 15.9. The summed E-state index contributed by atoms with van der Waals surface area (Å²) in [7, 11) is 0. The molecule has 0 unspecified atom stereocenters. The Bertz CT molecular complexity index is 714. The zero-order chi connectivity index (χ0) is 16.6. The van der Waals surface area contributed by atoms with Crippen LogP contribution in [0.15, 0.2) is 36.5 Å². The van der Waals surface area contributed by atoms with Crippen LogP contribution in [0.3, 0.4) is 0 Å². The number of nitrogens with zero attached hydrogens (tertiary/aromatic N) is 1. The third-order valence-corrected chi connectivity index (χ3v) is 4.27. The highest BCUT2D eigenvalue weighted by atomic mass is 19.4. The fraction of sp³-hybridized carbons (Fsp3) is 0.353. The predicted molar refractivity (Wildman–Crippen MR) is 76.3 cm³/mol. The average Bonchev–Trinajstić information content (AvgIpc) is 2.51. The first-order valence-corrected chi connectivity index (χ1v) is 7.35. The van der Waals surface area contributed by atoms with Gasteiger partial charge in [0.05, 0.1) is 17.4 Å². The fourth-order valence-corrected chi connectivity index (χ4v) is 3.14. The molecule has 2 nitrogen and oxygen atoms in total. The third kappa shape index (κ3) is 3.08. The summed E-state index contributed by atoms with van der Waals surface area (Å²) in [6.07, 6.45) is -2.61. The standard InChI is InChI=1S/C17H15F4NO/c18-15-11(3-1-5-13(15)17(19,20)21)9-10-6-7-14(23)16-12(10)4-2-8-22-16/h1-5,8,10,14,23H,6-7,9H2/t10-,14-/m0/s1. The van der Waals surface area contributed by atoms with Crippen molar-refractivity contribution in [3.63, 3.8) is 0 Å². The van der Waals surface area contributed by atoms with Gasteiger partial charge < -0.3 is 5.11 Å². The van der Waals surface area contributed by atoms with Crippen molar-refractivity contribution in [2.24, 2.45) is 0 Å². The quantitative estimate of drug-likeness (QED) is 0.831. The van der Waals surface area contributed by atoms with Gasteiger partial charge in [0.2, 0.25) is 0 Å². The number of alkyl halides is 3. The molecule has 0 aliphatic heterocycles. The van der Waals surface area contributed by atoms with Crippen molar-refractivity contribution in [1.82, 2.24) is 4.98 Å². The Labute approximate surface area is 130 Å². The van der Waals surface area contributed by atoms with Gasteiger partial charge in [0.25, 0.3) is 0 Å². The summed E-state index contributed by atoms with van der Waals surface area (Å²) >= 11 is 0. The molecule has 0 saturated carbocycles. The number of fused-ring (bicyclic) bond motifs is 1. The number of hydrogen-bond donors (Lipinski definition) is 1. The second-order valence-electron chi connectivity index (χ2n) is 5.75. The van der Waals surface area contributed by atoms with Gasteiger partial charge in [-0.3, -0.25) is 4.98 Å². The van der Waals surface area contributed by atoms with Crippen LogP contribution in [0.5, 0.6) is 0 Å². The predicted octanol–water partition coefficient (Wildman–Crippen LogP) is 4.39. The van der Waals surface area contributed by atoms with Crippen LogP contribution < -0.4 is 0 Å². The van der Waals surface area contributed by atoms with E-state index in [1.807, 2.05) is 0 Å². The molecular weight excluding hydrogens is 310 g/mol. The van der Waals surface area contributed by atoms with E-state index in [-0.39, 0.29) is 17.9 Å². The molecule has 2 atom stereocenters. The van der Waals surface area contributed by atoms with Crippen molar-refractivity contribution in [1.29, 1.82) is 0 Å². The number of rotatable bonds is 2. The molecule has 1 aliphatic rings. The highest BCUT2D eigenvalue weighted by Crippen LogP contribution is 2.39. The number of aliphatic hydroxyl groups is 1. The van der Waals surface area contributed by atoms with Crippen LogP contribution in [0, 0.1) is 5.82 Å². The van der Waals surface area contributed by atoms with Crippen molar-refractivity contribution in [2.45, 2.75) is 37.5 Å². The minimum absolute atomic E-state index is 0.0380. The molecule has 0 radical (unpaired) electrons. The van der Waals surface area contributed by atoms with Gasteiger partial charge in [-0.2, -0.15) is 13.2 Å². The minimum Gasteiger partial charge on any atom is -0.387 e. The van der Waals surface area contributed by atoms with Crippen molar-refractivity contribution < 1.29 is 22.7 Å². The molecule has 1 heterocycles. The molecule has 3 rings (SSSR count). The van der Waals surface area contributed by atoms with E-state index >= 15 is 0 Å². The van der Waals surface area contributed by atoms with E-state index in [9.17, 15) is 22.7 Å². The number of pyridine rings is 1. The normalized spacial score (nSPS) is 21.1. The lowest BCUT2D eigenvalue weighted by molar-refractivity contribution is -0.140. The second-order valence-corrected chi connectivity index (χ2v) is 5.75. The monoisotopic (exact) mass is 325 g/mol. The van der Waals surface area contributed by atoms with Crippen LogP contribution in [0.25, 0.3) is 0 Å². The van der Waals surface area contributed by atoms with E-state index in [0.29, 0.717) is 18.5 Å². The molecule has 2 aromatic rings. The summed E-state index contributed by atoms with van der Waals surface area (Å²) in [6, 6.07) is 6.86. The highest BCUT2D eigenvalue weighted by Gasteiger charge is 2.35. The van der Waals surface area contributed by atoms with E-state index in [2.05, 4.69) is 4.98 Å². The zero-order valence-corrected chi connectivity index (χ0v) is 12.1. The lowest BCUT2D eigenvalue weighted by atomic mass is 9.80. The molecule has 122 valence electrons. The van der Waals surface area contributed by atoms with Crippen LogP contribution in [-0.2, 0) is 12.6 Å². The molecule has 6 heteroatoms. The molecule has 0 bridgehead atoms. The van der Waals surface area contributed by atoms with Gasteiger partial charge >= 0.3 is 6.18 Å². The maximum absolute atomic E-state index is 14.2. The van der Waals surface area contributed by atoms with Crippen LogP contribution in [0.2, 0.25) is 0 Å². The summed E-state index contributed by atoms with van der Waals surface area (Å²) in [6.45, 7) is 0. The molecular formula is C17H15F4NO. The zero-order valence-electron chi connectivity index (χ0n) is 12.1. The van der Waals surface area contributed by atoms with Crippen LogP contribution in [0.4, 0.5) is 17.6 Å². The SMILES string of the molecule is O[C@H]1CC[C@@H](Cc2cccc(C(F)(F)F)c2F)c2cccnc21. The fourth-order valence-electron chi connectivity index (χ4n) is 3.14. The Balaban J connectivity index is 1.94. The van der Waals surface area contributed by atoms with Crippen molar-refractivity contribution in [3.05, 3.63) is 64.7 Å². The maximum Gasteiger partial charge on any atom is 0.419 e. The molecule has 23 heavy (non-hydrogen) atoms. The molecule has 0 spiro atoms. The molecule has 0 fully saturated rings. The Morgan fingerprint density at radius 3 is 2.65 bits per heavy atom. The summed E-state index contributed by atoms with van der Waals surface area (Å²) in [5.41, 5.74) is 0.118. The van der Waals surface area contributed by atoms with E-state index < -0.39 is 23.7 Å². The van der Waals surface area contributed by atoms with Gasteiger partial charge in [-0.1, -0.05) is 18.2 Å². The van der Waals surface area contributed by atoms with Crippen LogP contribution in [0.1, 0.15) is 47.2 Å². The lowest BCUT2D eigenvalue weighted by Gasteiger charge is -2.28. The van der Waals surface area contributed by atoms with Gasteiger partial charge in [0.15, 0.2) is 0 Å². The van der Waals surface area contributed by atoms with Gasteiger partial charge in [-0.15, -0.1) is 0 Å². The molecule has 1 aliphatic carbocycles. The van der Waals surface area contributed by atoms with E-state index in [1.54, 1.807) is 18.3 Å². The summed E-state index contributed by atoms with van der Waals surface area (Å²) in [5, 5.41) is 9.97. The van der Waals surface area contributed by atoms with Crippen molar-refractivity contribution in [3.8, 4) is 0 Å². The maximum atomic E-state index is 14.2. The van der Waals surface area contributed by atoms with Gasteiger partial charge in [-0.05, 0) is 48.4 Å². The average molecular weight is 325 g/mol. The first-order chi connectivity index (χ1) is 10.9. The largest absolute Gasteiger partial charge is 0.419 e. The molecule has 0 amide bonds. The second kappa shape index (κ2) is 5.92. The first-order valence-electron chi connectivity index (χ1n) is 7.35. The summed E-state index contributed by atoms with van der Waals surface area (Å²) in [4.78, 5) is 4.15. The molecule has 0 saturated heterocycles. The van der Waals surface area contributed by atoms with Gasteiger partial charge in [0, 0.05) is 6.20 Å². The lowest BCUT2D eigenvalue weighted by Crippen LogP contribution is -2.18.